The van der Waals surface area contributed by atoms with Gasteiger partial charge in [-0.2, -0.15) is 0 Å². The van der Waals surface area contributed by atoms with Crippen LogP contribution in [0.25, 0.3) is 0 Å². The van der Waals surface area contributed by atoms with Crippen LogP contribution in [0, 0.1) is 29.4 Å². The largest absolute Gasteiger partial charge is 0.478 e. The summed E-state index contributed by atoms with van der Waals surface area (Å²) in [6, 6.07) is 8.75. The van der Waals surface area contributed by atoms with Crippen molar-refractivity contribution in [1.29, 1.82) is 0 Å². The molecule has 0 unspecified atom stereocenters. The summed E-state index contributed by atoms with van der Waals surface area (Å²) >= 11 is 0. The van der Waals surface area contributed by atoms with Crippen molar-refractivity contribution in [2.24, 2.45) is 17.8 Å². The van der Waals surface area contributed by atoms with Gasteiger partial charge < -0.3 is 10.4 Å². The maximum atomic E-state index is 14.6. The van der Waals surface area contributed by atoms with Crippen LogP contribution in [0.1, 0.15) is 52.7 Å². The summed E-state index contributed by atoms with van der Waals surface area (Å²) < 4.78 is 28.0. The van der Waals surface area contributed by atoms with Crippen LogP contribution >= 0.6 is 0 Å². The van der Waals surface area contributed by atoms with Crippen LogP contribution < -0.4 is 5.32 Å². The number of anilines is 1. The molecule has 5 rings (SSSR count). The summed E-state index contributed by atoms with van der Waals surface area (Å²) in [5.74, 6) is -0.703. The summed E-state index contributed by atoms with van der Waals surface area (Å²) in [5.41, 5.74) is 2.29. The van der Waals surface area contributed by atoms with Crippen molar-refractivity contribution in [1.82, 2.24) is 0 Å². The van der Waals surface area contributed by atoms with Gasteiger partial charge in [0.1, 0.15) is 11.6 Å². The number of aromatic carboxylic acids is 1. The van der Waals surface area contributed by atoms with Gasteiger partial charge in [0, 0.05) is 11.6 Å². The van der Waals surface area contributed by atoms with Gasteiger partial charge in [0.15, 0.2) is 0 Å². The van der Waals surface area contributed by atoms with E-state index in [1.54, 1.807) is 12.1 Å². The minimum Gasteiger partial charge on any atom is -0.478 e. The first-order valence-electron chi connectivity index (χ1n) is 9.12. The molecule has 2 aromatic carbocycles. The molecule has 2 fully saturated rings. The van der Waals surface area contributed by atoms with Crippen LogP contribution in [0.4, 0.5) is 14.5 Å². The van der Waals surface area contributed by atoms with Gasteiger partial charge in [0.2, 0.25) is 0 Å². The number of carboxylic acids is 1. The molecule has 5 atom stereocenters. The highest BCUT2D eigenvalue weighted by molar-refractivity contribution is 5.95. The fraction of sp³-hybridized carbons (Fsp3) is 0.381. The van der Waals surface area contributed by atoms with Gasteiger partial charge in [-0.1, -0.05) is 18.2 Å². The molecular formula is C21H19F2NO2. The third-order valence-electron chi connectivity index (χ3n) is 6.65. The number of hydrogen-bond donors (Lipinski definition) is 2. The van der Waals surface area contributed by atoms with Gasteiger partial charge in [-0.05, 0) is 60.6 Å². The van der Waals surface area contributed by atoms with Crippen LogP contribution in [-0.2, 0) is 0 Å². The second-order valence-corrected chi connectivity index (χ2v) is 7.80. The zero-order chi connectivity index (χ0) is 18.0. The highest BCUT2D eigenvalue weighted by Gasteiger charge is 2.54. The van der Waals surface area contributed by atoms with Crippen LogP contribution in [-0.4, -0.2) is 11.1 Å². The predicted molar refractivity (Wildman–Crippen MR) is 93.2 cm³/mol. The van der Waals surface area contributed by atoms with E-state index >= 15 is 0 Å². The zero-order valence-electron chi connectivity index (χ0n) is 14.1. The minimum absolute atomic E-state index is 0.213. The van der Waals surface area contributed by atoms with Crippen molar-refractivity contribution < 1.29 is 18.7 Å². The van der Waals surface area contributed by atoms with E-state index in [2.05, 4.69) is 5.32 Å². The minimum atomic E-state index is -0.991. The van der Waals surface area contributed by atoms with E-state index in [4.69, 9.17) is 0 Å². The highest BCUT2D eigenvalue weighted by Crippen LogP contribution is 2.64. The summed E-state index contributed by atoms with van der Waals surface area (Å²) in [6.45, 7) is 0. The molecule has 1 aliphatic heterocycles. The van der Waals surface area contributed by atoms with Crippen molar-refractivity contribution >= 4 is 11.7 Å². The number of benzene rings is 2. The Bertz CT molecular complexity index is 913. The van der Waals surface area contributed by atoms with Crippen molar-refractivity contribution in [2.45, 2.75) is 31.2 Å². The molecule has 2 N–H and O–H groups in total. The normalized spacial score (nSPS) is 31.2. The number of rotatable bonds is 2. The van der Waals surface area contributed by atoms with Gasteiger partial charge in [0.25, 0.3) is 0 Å². The van der Waals surface area contributed by atoms with Crippen molar-refractivity contribution in [3.8, 4) is 0 Å². The number of carboxylic acid groups (broad SMARTS) is 1. The van der Waals surface area contributed by atoms with E-state index in [0.29, 0.717) is 23.1 Å². The van der Waals surface area contributed by atoms with E-state index in [1.165, 1.54) is 12.1 Å². The van der Waals surface area contributed by atoms with Gasteiger partial charge in [-0.15, -0.1) is 0 Å². The average Bonchev–Trinajstić information content (AvgIpc) is 3.23. The van der Waals surface area contributed by atoms with Gasteiger partial charge in [-0.3, -0.25) is 0 Å². The molecule has 134 valence electrons. The number of nitrogens with one attached hydrogen (secondary N) is 1. The highest BCUT2D eigenvalue weighted by atomic mass is 19.1. The third kappa shape index (κ3) is 2.12. The van der Waals surface area contributed by atoms with Crippen LogP contribution in [0.5, 0.6) is 0 Å². The molecule has 0 saturated heterocycles. The Morgan fingerprint density at radius 1 is 1.08 bits per heavy atom. The number of fused-ring (bicyclic) bond motifs is 7. The molecule has 0 amide bonds. The lowest BCUT2D eigenvalue weighted by molar-refractivity contribution is 0.0697. The van der Waals surface area contributed by atoms with E-state index in [-0.39, 0.29) is 23.4 Å². The second kappa shape index (κ2) is 5.53. The van der Waals surface area contributed by atoms with Crippen LogP contribution in [0.3, 0.4) is 0 Å². The lowest BCUT2D eigenvalue weighted by Gasteiger charge is -2.44. The SMILES string of the molecule is O=C(O)c1cccc2c1N[C@@H](c1ccc(F)cc1F)[C@@H]1[C@@H]3CC[C@H](C3)[C@H]21. The first-order chi connectivity index (χ1) is 12.5. The lowest BCUT2D eigenvalue weighted by atomic mass is 9.67. The predicted octanol–water partition coefficient (Wildman–Crippen LogP) is 4.96. The summed E-state index contributed by atoms with van der Waals surface area (Å²) in [4.78, 5) is 11.7. The monoisotopic (exact) mass is 355 g/mol. The fourth-order valence-electron chi connectivity index (χ4n) is 5.75. The van der Waals surface area contributed by atoms with Crippen molar-refractivity contribution in [2.75, 3.05) is 5.32 Å². The Morgan fingerprint density at radius 2 is 1.88 bits per heavy atom. The van der Waals surface area contributed by atoms with E-state index < -0.39 is 17.6 Å². The molecule has 0 spiro atoms. The number of carbonyl (C=O) groups is 1. The number of halogens is 2. The Hall–Kier alpha value is -2.43. The van der Waals surface area contributed by atoms with Crippen LogP contribution in [0.2, 0.25) is 0 Å². The van der Waals surface area contributed by atoms with Crippen LogP contribution in [0.15, 0.2) is 36.4 Å². The number of para-hydroxylation sites is 1. The maximum Gasteiger partial charge on any atom is 0.337 e. The molecule has 1 heterocycles. The first kappa shape index (κ1) is 15.8. The number of hydrogen-bond acceptors (Lipinski definition) is 2. The molecule has 2 aliphatic carbocycles. The summed E-state index contributed by atoms with van der Waals surface area (Å²) in [7, 11) is 0. The molecule has 2 bridgehead atoms. The lowest BCUT2D eigenvalue weighted by Crippen LogP contribution is -2.36. The summed E-state index contributed by atoms with van der Waals surface area (Å²) in [6.07, 6.45) is 3.37. The first-order valence-corrected chi connectivity index (χ1v) is 9.12. The average molecular weight is 355 g/mol. The van der Waals surface area contributed by atoms with E-state index in [9.17, 15) is 18.7 Å². The topological polar surface area (TPSA) is 49.3 Å². The molecule has 0 aromatic heterocycles. The van der Waals surface area contributed by atoms with E-state index in [0.717, 1.165) is 30.9 Å². The molecule has 2 aromatic rings. The smallest absolute Gasteiger partial charge is 0.337 e. The zero-order valence-corrected chi connectivity index (χ0v) is 14.1. The van der Waals surface area contributed by atoms with Crippen molar-refractivity contribution in [3.63, 3.8) is 0 Å². The quantitative estimate of drug-likeness (QED) is 0.800. The van der Waals surface area contributed by atoms with E-state index in [1.807, 2.05) is 6.07 Å². The van der Waals surface area contributed by atoms with Gasteiger partial charge in [0.05, 0.1) is 17.3 Å². The molecule has 26 heavy (non-hydrogen) atoms. The molecule has 5 heteroatoms. The molecule has 3 nitrogen and oxygen atoms in total. The summed E-state index contributed by atoms with van der Waals surface area (Å²) in [5, 5.41) is 12.9. The third-order valence-corrected chi connectivity index (χ3v) is 6.65. The van der Waals surface area contributed by atoms with Crippen molar-refractivity contribution in [3.05, 3.63) is 64.7 Å². The van der Waals surface area contributed by atoms with Gasteiger partial charge in [-0.25, -0.2) is 13.6 Å². The molecule has 0 radical (unpaired) electrons. The Balaban J connectivity index is 1.69. The fourth-order valence-corrected chi connectivity index (χ4v) is 5.75. The Morgan fingerprint density at radius 3 is 2.65 bits per heavy atom. The van der Waals surface area contributed by atoms with Gasteiger partial charge >= 0.3 is 5.97 Å². The standard InChI is InChI=1S/C21H19F2NO2/c22-12-6-7-13(16(23)9-12)20-18-11-5-4-10(8-11)17(18)14-2-1-3-15(21(25)26)19(14)24-20/h1-3,6-7,9-11,17-18,20,24H,4-5,8H2,(H,25,26)/t10-,11-,17-,18-,20+/m1/s1. The Kier molecular flexibility index (Phi) is 3.36. The molecule has 3 aliphatic rings. The molecular weight excluding hydrogens is 336 g/mol. The second-order valence-electron chi connectivity index (χ2n) is 7.80. The maximum absolute atomic E-state index is 14.6. The Labute approximate surface area is 150 Å². The molecule has 2 saturated carbocycles.